The molecule has 51 heavy (non-hydrogen) atoms. The van der Waals surface area contributed by atoms with E-state index in [1.54, 1.807) is 38.5 Å². The van der Waals surface area contributed by atoms with Gasteiger partial charge >= 0.3 is 0 Å². The van der Waals surface area contributed by atoms with E-state index in [4.69, 9.17) is 24.7 Å². The predicted molar refractivity (Wildman–Crippen MR) is 195 cm³/mol. The molecule has 2 amide bonds. The molecule has 268 valence electrons. The van der Waals surface area contributed by atoms with Crippen LogP contribution >= 0.6 is 0 Å². The van der Waals surface area contributed by atoms with Crippen LogP contribution in [0.25, 0.3) is 0 Å². The van der Waals surface area contributed by atoms with Gasteiger partial charge in [-0.1, -0.05) is 48.5 Å². The first kappa shape index (κ1) is 35.9. The molecule has 0 aliphatic carbocycles. The summed E-state index contributed by atoms with van der Waals surface area (Å²) < 4.78 is 24.3. The average Bonchev–Trinajstić information content (AvgIpc) is 3.15. The summed E-state index contributed by atoms with van der Waals surface area (Å²) in [6.45, 7) is 2.33. The number of fused-ring (bicyclic) bond motifs is 1. The van der Waals surface area contributed by atoms with Crippen LogP contribution in [0.5, 0.6) is 11.5 Å². The van der Waals surface area contributed by atoms with Crippen LogP contribution < -0.4 is 25.8 Å². The van der Waals surface area contributed by atoms with Crippen LogP contribution in [0.4, 0.5) is 17.1 Å². The molecule has 2 heterocycles. The van der Waals surface area contributed by atoms with Gasteiger partial charge in [0.05, 0.1) is 44.4 Å². The van der Waals surface area contributed by atoms with Crippen LogP contribution in [0.2, 0.25) is 0 Å². The highest BCUT2D eigenvalue weighted by Crippen LogP contribution is 2.40. The first-order valence-electron chi connectivity index (χ1n) is 17.3. The van der Waals surface area contributed by atoms with Crippen molar-refractivity contribution in [3.8, 4) is 11.5 Å². The molecule has 4 aromatic rings. The Morgan fingerprint density at radius 3 is 2.31 bits per heavy atom. The molecule has 1 saturated heterocycles. The molecule has 0 saturated carbocycles. The van der Waals surface area contributed by atoms with Crippen LogP contribution in [0.3, 0.4) is 0 Å². The van der Waals surface area contributed by atoms with Gasteiger partial charge in [-0.25, -0.2) is 0 Å². The number of nitrogens with zero attached hydrogens (tertiary/aromatic N) is 1. The van der Waals surface area contributed by atoms with Gasteiger partial charge < -0.3 is 40.4 Å². The number of nitrogens with one attached hydrogen (secondary N) is 2. The number of carbonyl (C=O) groups is 2. The fourth-order valence-electron chi connectivity index (χ4n) is 6.64. The maximum absolute atomic E-state index is 12.9. The maximum Gasteiger partial charge on any atom is 0.224 e. The second-order valence-corrected chi connectivity index (χ2v) is 13.0. The molecule has 4 aromatic carbocycles. The molecule has 3 atom stereocenters. The normalized spacial score (nSPS) is 18.8. The summed E-state index contributed by atoms with van der Waals surface area (Å²) in [5.41, 5.74) is 12.7. The van der Waals surface area contributed by atoms with E-state index in [0.717, 1.165) is 47.7 Å². The number of aliphatic hydroxyl groups is 1. The molecule has 1 fully saturated rings. The van der Waals surface area contributed by atoms with Crippen LogP contribution in [0.1, 0.15) is 65.9 Å². The van der Waals surface area contributed by atoms with E-state index in [1.165, 1.54) is 11.1 Å². The molecule has 5 N–H and O–H groups in total. The van der Waals surface area contributed by atoms with Gasteiger partial charge in [0.1, 0.15) is 0 Å². The Morgan fingerprint density at radius 2 is 1.59 bits per heavy atom. The monoisotopic (exact) mass is 694 g/mol. The van der Waals surface area contributed by atoms with Crippen molar-refractivity contribution in [3.63, 3.8) is 0 Å². The smallest absolute Gasteiger partial charge is 0.224 e. The van der Waals surface area contributed by atoms with Crippen molar-refractivity contribution >= 4 is 28.9 Å². The first-order valence-corrected chi connectivity index (χ1v) is 17.3. The highest BCUT2D eigenvalue weighted by atomic mass is 16.7. The van der Waals surface area contributed by atoms with E-state index in [0.29, 0.717) is 36.4 Å². The summed E-state index contributed by atoms with van der Waals surface area (Å²) >= 11 is 0. The van der Waals surface area contributed by atoms with Gasteiger partial charge in [-0.15, -0.1) is 0 Å². The van der Waals surface area contributed by atoms with Crippen molar-refractivity contribution in [1.82, 2.24) is 4.90 Å². The molecular formula is C40H46N4O7. The third kappa shape index (κ3) is 9.25. The van der Waals surface area contributed by atoms with E-state index >= 15 is 0 Å². The molecule has 0 spiro atoms. The van der Waals surface area contributed by atoms with Crippen molar-refractivity contribution in [3.05, 3.63) is 113 Å². The third-order valence-electron chi connectivity index (χ3n) is 9.36. The third-order valence-corrected chi connectivity index (χ3v) is 9.36. The number of carbonyl (C=O) groups excluding carboxylic acids is 2. The molecule has 11 heteroatoms. The quantitative estimate of drug-likeness (QED) is 0.122. The standard InChI is InChI=1S/C40H46N4O7/c1-48-36-20-28-17-18-44(23-30(28)21-37(36)49-2)24-32-22-35(27-15-13-26(25-45)14-16-27)51-40(50-32)29-7-5-8-31(19-29)42-38(46)11-6-12-39(47)43-34-10-4-3-9-33(34)41/h3-5,7-10,13-16,19-21,32,35,40,45H,6,11-12,17-18,22-25,41H2,1-2H3,(H,42,46)(H,43,47)/t32-,35+,40+/m0/s1. The number of nitrogens with two attached hydrogens (primary N) is 1. The fourth-order valence-corrected chi connectivity index (χ4v) is 6.64. The number of methoxy groups -OCH3 is 2. The van der Waals surface area contributed by atoms with E-state index in [-0.39, 0.29) is 43.5 Å². The molecule has 2 aliphatic rings. The summed E-state index contributed by atoms with van der Waals surface area (Å²) in [4.78, 5) is 27.7. The van der Waals surface area contributed by atoms with Gasteiger partial charge in [0.15, 0.2) is 17.8 Å². The lowest BCUT2D eigenvalue weighted by atomic mass is 9.97. The number of ether oxygens (including phenoxy) is 4. The number of para-hydroxylation sites is 2. The van der Waals surface area contributed by atoms with E-state index in [1.807, 2.05) is 48.5 Å². The molecule has 2 aliphatic heterocycles. The number of amides is 2. The number of rotatable bonds is 13. The number of aliphatic hydroxyl groups excluding tert-OH is 1. The van der Waals surface area contributed by atoms with E-state index in [2.05, 4.69) is 27.7 Å². The van der Waals surface area contributed by atoms with Crippen molar-refractivity contribution in [2.45, 2.75) is 63.8 Å². The van der Waals surface area contributed by atoms with Crippen LogP contribution in [-0.4, -0.2) is 55.2 Å². The summed E-state index contributed by atoms with van der Waals surface area (Å²) in [5, 5.41) is 15.3. The van der Waals surface area contributed by atoms with Crippen molar-refractivity contribution < 1.29 is 33.6 Å². The molecule has 0 bridgehead atoms. The lowest BCUT2D eigenvalue weighted by Crippen LogP contribution is -2.41. The Morgan fingerprint density at radius 1 is 0.863 bits per heavy atom. The van der Waals surface area contributed by atoms with Gasteiger partial charge in [0, 0.05) is 50.1 Å². The van der Waals surface area contributed by atoms with Gasteiger partial charge in [-0.3, -0.25) is 14.5 Å². The summed E-state index contributed by atoms with van der Waals surface area (Å²) in [6.07, 6.45) is 1.27. The minimum atomic E-state index is -0.668. The van der Waals surface area contributed by atoms with Gasteiger partial charge in [-0.05, 0) is 71.5 Å². The number of hydrogen-bond donors (Lipinski definition) is 4. The first-order chi connectivity index (χ1) is 24.8. The Labute approximate surface area is 298 Å². The summed E-state index contributed by atoms with van der Waals surface area (Å²) in [7, 11) is 3.31. The van der Waals surface area contributed by atoms with E-state index < -0.39 is 6.29 Å². The lowest BCUT2D eigenvalue weighted by molar-refractivity contribution is -0.253. The van der Waals surface area contributed by atoms with Crippen LogP contribution in [0, 0.1) is 0 Å². The Balaban J connectivity index is 1.11. The zero-order valence-corrected chi connectivity index (χ0v) is 29.1. The van der Waals surface area contributed by atoms with Gasteiger partial charge in [-0.2, -0.15) is 0 Å². The van der Waals surface area contributed by atoms with Crippen LogP contribution in [-0.2, 0) is 38.6 Å². The molecule has 0 radical (unpaired) electrons. The van der Waals surface area contributed by atoms with Crippen molar-refractivity contribution in [1.29, 1.82) is 0 Å². The Kier molecular flexibility index (Phi) is 11.8. The number of benzene rings is 4. The Hall–Kier alpha value is -4.94. The number of hydrogen-bond acceptors (Lipinski definition) is 9. The number of nitrogen functional groups attached to an aromatic ring is 1. The van der Waals surface area contributed by atoms with Gasteiger partial charge in [0.25, 0.3) is 0 Å². The largest absolute Gasteiger partial charge is 0.493 e. The van der Waals surface area contributed by atoms with Gasteiger partial charge in [0.2, 0.25) is 11.8 Å². The molecule has 6 rings (SSSR count). The van der Waals surface area contributed by atoms with Crippen molar-refractivity contribution in [2.24, 2.45) is 0 Å². The predicted octanol–water partition coefficient (Wildman–Crippen LogP) is 6.13. The SMILES string of the molecule is COc1cc2c(cc1OC)CN(C[C@@H]1C[C@H](c3ccc(CO)cc3)O[C@H](c3cccc(NC(=O)CCCC(=O)Nc4ccccc4N)c3)O1)CC2. The summed E-state index contributed by atoms with van der Waals surface area (Å²) in [5.74, 6) is 1.08. The highest BCUT2D eigenvalue weighted by molar-refractivity contribution is 5.94. The minimum Gasteiger partial charge on any atom is -0.493 e. The zero-order chi connectivity index (χ0) is 35.7. The zero-order valence-electron chi connectivity index (χ0n) is 29.1. The summed E-state index contributed by atoms with van der Waals surface area (Å²) in [6, 6.07) is 26.5. The average molecular weight is 695 g/mol. The number of anilines is 3. The Bertz CT molecular complexity index is 1820. The minimum absolute atomic E-state index is 0.0260. The second-order valence-electron chi connectivity index (χ2n) is 13.0. The fraction of sp³-hybridized carbons (Fsp3) is 0.350. The second kappa shape index (κ2) is 16.8. The topological polar surface area (TPSA) is 145 Å². The van der Waals surface area contributed by atoms with Crippen molar-refractivity contribution in [2.75, 3.05) is 43.7 Å². The maximum atomic E-state index is 12.9. The molecular weight excluding hydrogens is 648 g/mol. The lowest BCUT2D eigenvalue weighted by Gasteiger charge is -2.39. The highest BCUT2D eigenvalue weighted by Gasteiger charge is 2.34. The van der Waals surface area contributed by atoms with E-state index in [9.17, 15) is 14.7 Å². The molecule has 0 aromatic heterocycles. The molecule has 0 unspecified atom stereocenters. The molecule has 11 nitrogen and oxygen atoms in total. The van der Waals surface area contributed by atoms with Crippen LogP contribution in [0.15, 0.2) is 84.9 Å².